The van der Waals surface area contributed by atoms with Gasteiger partial charge in [-0.2, -0.15) is 0 Å². The third-order valence-electron chi connectivity index (χ3n) is 4.62. The standard InChI is InChI=1S/C21H27N3O4.HI/c1-13-8-14-9-18(26-4)15(10-19(14)28-13)12-23-21(22-2)24-16-6-7-17(25-3)20(11-16)27-5;/h6-7,9-11,13H,8,12H2,1-5H3,(H2,22,23,24);1H. The van der Waals surface area contributed by atoms with E-state index in [0.29, 0.717) is 24.0 Å². The Morgan fingerprint density at radius 1 is 1.07 bits per heavy atom. The van der Waals surface area contributed by atoms with Crippen molar-refractivity contribution in [2.75, 3.05) is 33.7 Å². The van der Waals surface area contributed by atoms with E-state index in [0.717, 1.165) is 29.2 Å². The van der Waals surface area contributed by atoms with Crippen molar-refractivity contribution < 1.29 is 18.9 Å². The van der Waals surface area contributed by atoms with Gasteiger partial charge in [-0.1, -0.05) is 0 Å². The fraction of sp³-hybridized carbons (Fsp3) is 0.381. The van der Waals surface area contributed by atoms with Crippen LogP contribution in [0.25, 0.3) is 0 Å². The Bertz CT molecular complexity index is 873. The van der Waals surface area contributed by atoms with E-state index in [1.807, 2.05) is 24.3 Å². The van der Waals surface area contributed by atoms with Crippen LogP contribution in [0.15, 0.2) is 35.3 Å². The van der Waals surface area contributed by atoms with Crippen LogP contribution >= 0.6 is 24.0 Å². The van der Waals surface area contributed by atoms with Gasteiger partial charge in [-0.25, -0.2) is 0 Å². The molecule has 0 amide bonds. The van der Waals surface area contributed by atoms with Gasteiger partial charge in [-0.15, -0.1) is 24.0 Å². The first-order valence-corrected chi connectivity index (χ1v) is 9.14. The second kappa shape index (κ2) is 10.4. The Labute approximate surface area is 188 Å². The van der Waals surface area contributed by atoms with Crippen LogP contribution in [0.1, 0.15) is 18.1 Å². The molecule has 0 fully saturated rings. The molecule has 0 radical (unpaired) electrons. The Kier molecular flexibility index (Phi) is 8.24. The minimum Gasteiger partial charge on any atom is -0.496 e. The van der Waals surface area contributed by atoms with Crippen LogP contribution in [0.5, 0.6) is 23.0 Å². The van der Waals surface area contributed by atoms with Gasteiger partial charge in [0.25, 0.3) is 0 Å². The molecule has 29 heavy (non-hydrogen) atoms. The molecule has 0 bridgehead atoms. The molecule has 2 aromatic carbocycles. The van der Waals surface area contributed by atoms with Gasteiger partial charge in [-0.3, -0.25) is 4.99 Å². The maximum atomic E-state index is 5.87. The summed E-state index contributed by atoms with van der Waals surface area (Å²) in [6.45, 7) is 2.61. The van der Waals surface area contributed by atoms with E-state index in [1.165, 1.54) is 5.56 Å². The SMILES string of the molecule is CN=C(NCc1cc2c(cc1OC)CC(C)O2)Nc1ccc(OC)c(OC)c1.I. The number of guanidine groups is 1. The molecule has 1 aliphatic heterocycles. The highest BCUT2D eigenvalue weighted by molar-refractivity contribution is 14.0. The molecule has 1 heterocycles. The van der Waals surface area contributed by atoms with Crippen molar-refractivity contribution in [1.82, 2.24) is 5.32 Å². The maximum Gasteiger partial charge on any atom is 0.195 e. The van der Waals surface area contributed by atoms with Crippen molar-refractivity contribution in [2.45, 2.75) is 26.0 Å². The zero-order valence-corrected chi connectivity index (χ0v) is 19.7. The lowest BCUT2D eigenvalue weighted by Gasteiger charge is -2.16. The van der Waals surface area contributed by atoms with E-state index >= 15 is 0 Å². The van der Waals surface area contributed by atoms with E-state index in [4.69, 9.17) is 18.9 Å². The predicted molar refractivity (Wildman–Crippen MR) is 126 cm³/mol. The number of methoxy groups -OCH3 is 3. The first-order chi connectivity index (χ1) is 13.6. The molecule has 0 saturated carbocycles. The number of nitrogens with one attached hydrogen (secondary N) is 2. The first kappa shape index (κ1) is 22.9. The molecule has 8 heteroatoms. The Morgan fingerprint density at radius 2 is 1.79 bits per heavy atom. The quantitative estimate of drug-likeness (QED) is 0.348. The van der Waals surface area contributed by atoms with Gasteiger partial charge < -0.3 is 29.6 Å². The van der Waals surface area contributed by atoms with Crippen LogP contribution in [-0.2, 0) is 13.0 Å². The summed E-state index contributed by atoms with van der Waals surface area (Å²) in [4.78, 5) is 4.29. The van der Waals surface area contributed by atoms with Crippen LogP contribution in [0.3, 0.4) is 0 Å². The van der Waals surface area contributed by atoms with Crippen molar-refractivity contribution >= 4 is 35.6 Å². The van der Waals surface area contributed by atoms with Crippen molar-refractivity contribution in [3.63, 3.8) is 0 Å². The van der Waals surface area contributed by atoms with Crippen LogP contribution in [0.4, 0.5) is 5.69 Å². The molecule has 0 aliphatic carbocycles. The third kappa shape index (κ3) is 5.37. The number of rotatable bonds is 6. The molecule has 0 saturated heterocycles. The summed E-state index contributed by atoms with van der Waals surface area (Å²) in [5, 5.41) is 6.56. The molecule has 7 nitrogen and oxygen atoms in total. The lowest BCUT2D eigenvalue weighted by atomic mass is 10.1. The lowest BCUT2D eigenvalue weighted by Crippen LogP contribution is -2.30. The number of aliphatic imine (C=N–C) groups is 1. The average molecular weight is 513 g/mol. The summed E-state index contributed by atoms with van der Waals surface area (Å²) in [7, 11) is 6.62. The minimum atomic E-state index is 0. The second-order valence-corrected chi connectivity index (χ2v) is 6.52. The molecule has 2 aromatic rings. The molecule has 2 N–H and O–H groups in total. The molecule has 0 spiro atoms. The number of anilines is 1. The normalized spacial score (nSPS) is 14.9. The van der Waals surface area contributed by atoms with Crippen LogP contribution in [0.2, 0.25) is 0 Å². The highest BCUT2D eigenvalue weighted by atomic mass is 127. The van der Waals surface area contributed by atoms with E-state index in [2.05, 4.69) is 28.6 Å². The van der Waals surface area contributed by atoms with Gasteiger partial charge >= 0.3 is 0 Å². The number of nitrogens with zero attached hydrogens (tertiary/aromatic N) is 1. The number of hydrogen-bond acceptors (Lipinski definition) is 5. The van der Waals surface area contributed by atoms with E-state index in [-0.39, 0.29) is 30.1 Å². The molecule has 3 rings (SSSR count). The number of fused-ring (bicyclic) bond motifs is 1. The summed E-state index contributed by atoms with van der Waals surface area (Å²) in [5.74, 6) is 3.71. The minimum absolute atomic E-state index is 0. The van der Waals surface area contributed by atoms with E-state index < -0.39 is 0 Å². The molecule has 158 valence electrons. The Morgan fingerprint density at radius 3 is 2.45 bits per heavy atom. The summed E-state index contributed by atoms with van der Waals surface area (Å²) in [6, 6.07) is 9.70. The lowest BCUT2D eigenvalue weighted by molar-refractivity contribution is 0.254. The van der Waals surface area contributed by atoms with Crippen molar-refractivity contribution in [3.05, 3.63) is 41.5 Å². The number of halogens is 1. The molecular weight excluding hydrogens is 485 g/mol. The molecule has 1 aliphatic rings. The van der Waals surface area contributed by atoms with E-state index in [1.54, 1.807) is 28.4 Å². The van der Waals surface area contributed by atoms with Crippen LogP contribution in [-0.4, -0.2) is 40.4 Å². The van der Waals surface area contributed by atoms with Gasteiger partial charge in [-0.05, 0) is 31.2 Å². The largest absolute Gasteiger partial charge is 0.496 e. The summed E-state index contributed by atoms with van der Waals surface area (Å²) < 4.78 is 22.0. The van der Waals surface area contributed by atoms with Gasteiger partial charge in [0.1, 0.15) is 17.6 Å². The smallest absolute Gasteiger partial charge is 0.195 e. The van der Waals surface area contributed by atoms with Crippen molar-refractivity contribution in [3.8, 4) is 23.0 Å². The summed E-state index contributed by atoms with van der Waals surface area (Å²) >= 11 is 0. The topological polar surface area (TPSA) is 73.3 Å². The average Bonchev–Trinajstić information content (AvgIpc) is 3.08. The van der Waals surface area contributed by atoms with Crippen molar-refractivity contribution in [2.24, 2.45) is 4.99 Å². The van der Waals surface area contributed by atoms with E-state index in [9.17, 15) is 0 Å². The predicted octanol–water partition coefficient (Wildman–Crippen LogP) is 3.84. The Hall–Kier alpha value is -2.36. The van der Waals surface area contributed by atoms with Gasteiger partial charge in [0.15, 0.2) is 17.5 Å². The first-order valence-electron chi connectivity index (χ1n) is 9.14. The molecule has 1 unspecified atom stereocenters. The van der Waals surface area contributed by atoms with Gasteiger partial charge in [0.2, 0.25) is 0 Å². The number of benzene rings is 2. The number of hydrogen-bond donors (Lipinski definition) is 2. The zero-order valence-electron chi connectivity index (χ0n) is 17.4. The molecular formula is C21H28IN3O4. The summed E-state index contributed by atoms with van der Waals surface area (Å²) in [6.07, 6.45) is 1.10. The second-order valence-electron chi connectivity index (χ2n) is 6.52. The van der Waals surface area contributed by atoms with Gasteiger partial charge in [0.05, 0.1) is 21.3 Å². The molecule has 0 aromatic heterocycles. The Balaban J connectivity index is 0.00000300. The fourth-order valence-electron chi connectivity index (χ4n) is 3.22. The highest BCUT2D eigenvalue weighted by Crippen LogP contribution is 2.35. The monoisotopic (exact) mass is 513 g/mol. The zero-order chi connectivity index (χ0) is 20.1. The summed E-state index contributed by atoms with van der Waals surface area (Å²) in [5.41, 5.74) is 3.02. The van der Waals surface area contributed by atoms with Crippen molar-refractivity contribution in [1.29, 1.82) is 0 Å². The highest BCUT2D eigenvalue weighted by Gasteiger charge is 2.21. The van der Waals surface area contributed by atoms with Crippen LogP contribution in [0, 0.1) is 0 Å². The maximum absolute atomic E-state index is 5.87. The fourth-order valence-corrected chi connectivity index (χ4v) is 3.22. The van der Waals surface area contributed by atoms with Gasteiger partial charge in [0, 0.05) is 42.9 Å². The third-order valence-corrected chi connectivity index (χ3v) is 4.62. The molecule has 1 atom stereocenters. The van der Waals surface area contributed by atoms with Crippen LogP contribution < -0.4 is 29.6 Å². The number of ether oxygens (including phenoxy) is 4.